The number of nitrogens with one attached hydrogen (secondary N) is 1. The van der Waals surface area contributed by atoms with Gasteiger partial charge in [-0.1, -0.05) is 11.6 Å². The van der Waals surface area contributed by atoms with Crippen LogP contribution < -0.4 is 4.74 Å². The molecule has 0 radical (unpaired) electrons. The Morgan fingerprint density at radius 3 is 2.40 bits per heavy atom. The average molecular weight is 362 g/mol. The Morgan fingerprint density at radius 1 is 1.08 bits per heavy atom. The molecule has 0 spiro atoms. The number of methoxy groups -OCH3 is 1. The van der Waals surface area contributed by atoms with Crippen molar-refractivity contribution >= 4 is 23.4 Å². The topological polar surface area (TPSA) is 65.6 Å². The monoisotopic (exact) mass is 361 g/mol. The number of nitrogens with zero attached hydrogens (tertiary/aromatic N) is 2. The lowest BCUT2D eigenvalue weighted by Crippen LogP contribution is -2.37. The van der Waals surface area contributed by atoms with Crippen LogP contribution in [0.4, 0.5) is 0 Å². The van der Waals surface area contributed by atoms with E-state index in [4.69, 9.17) is 16.3 Å². The third-order valence-corrected chi connectivity index (χ3v) is 4.59. The highest BCUT2D eigenvalue weighted by molar-refractivity contribution is 6.32. The van der Waals surface area contributed by atoms with E-state index in [2.05, 4.69) is 4.98 Å². The number of halogens is 1. The zero-order valence-electron chi connectivity index (χ0n) is 14.0. The van der Waals surface area contributed by atoms with Gasteiger partial charge >= 0.3 is 0 Å². The maximum absolute atomic E-state index is 12.7. The van der Waals surface area contributed by atoms with Gasteiger partial charge in [0, 0.05) is 37.9 Å². The summed E-state index contributed by atoms with van der Waals surface area (Å²) in [6.45, 7) is 2.24. The first kappa shape index (κ1) is 17.4. The molecule has 0 atom stereocenters. The minimum Gasteiger partial charge on any atom is -0.495 e. The number of aromatic nitrogens is 1. The lowest BCUT2D eigenvalue weighted by Gasteiger charge is -2.22. The Bertz CT molecular complexity index is 761. The summed E-state index contributed by atoms with van der Waals surface area (Å²) < 4.78 is 5.12. The molecule has 1 aromatic heterocycles. The summed E-state index contributed by atoms with van der Waals surface area (Å²) >= 11 is 6.11. The smallest absolute Gasteiger partial charge is 0.270 e. The van der Waals surface area contributed by atoms with Crippen molar-refractivity contribution in [2.24, 2.45) is 0 Å². The number of hydrogen-bond donors (Lipinski definition) is 1. The summed E-state index contributed by atoms with van der Waals surface area (Å²) in [5.74, 6) is 0.419. The van der Waals surface area contributed by atoms with E-state index < -0.39 is 0 Å². The summed E-state index contributed by atoms with van der Waals surface area (Å²) in [4.78, 5) is 31.6. The van der Waals surface area contributed by atoms with E-state index >= 15 is 0 Å². The number of aromatic amines is 1. The molecule has 1 fully saturated rings. The summed E-state index contributed by atoms with van der Waals surface area (Å²) in [6.07, 6.45) is 2.47. The number of amides is 2. The zero-order chi connectivity index (χ0) is 17.8. The van der Waals surface area contributed by atoms with Crippen LogP contribution in [0.5, 0.6) is 5.75 Å². The van der Waals surface area contributed by atoms with E-state index in [9.17, 15) is 9.59 Å². The summed E-state index contributed by atoms with van der Waals surface area (Å²) in [5, 5.41) is 0.409. The van der Waals surface area contributed by atoms with Crippen molar-refractivity contribution in [2.75, 3.05) is 33.3 Å². The van der Waals surface area contributed by atoms with Crippen LogP contribution in [0.25, 0.3) is 0 Å². The van der Waals surface area contributed by atoms with Crippen LogP contribution >= 0.6 is 11.6 Å². The number of carbonyl (C=O) groups excluding carboxylic acids is 2. The van der Waals surface area contributed by atoms with Gasteiger partial charge in [-0.2, -0.15) is 0 Å². The first-order chi connectivity index (χ1) is 12.1. The molecule has 2 heterocycles. The Balaban J connectivity index is 1.67. The van der Waals surface area contributed by atoms with Gasteiger partial charge in [-0.25, -0.2) is 0 Å². The van der Waals surface area contributed by atoms with E-state index in [0.29, 0.717) is 48.2 Å². The molecule has 0 saturated carbocycles. The van der Waals surface area contributed by atoms with E-state index in [0.717, 1.165) is 6.42 Å². The van der Waals surface area contributed by atoms with Gasteiger partial charge in [0.05, 0.1) is 12.1 Å². The first-order valence-electron chi connectivity index (χ1n) is 8.15. The Hall–Kier alpha value is -2.47. The molecule has 6 nitrogen and oxygen atoms in total. The Morgan fingerprint density at radius 2 is 1.80 bits per heavy atom. The van der Waals surface area contributed by atoms with Crippen molar-refractivity contribution < 1.29 is 14.3 Å². The third-order valence-electron chi connectivity index (χ3n) is 4.30. The maximum atomic E-state index is 12.7. The molecule has 1 aliphatic rings. The Labute approximate surface area is 151 Å². The number of rotatable bonds is 3. The van der Waals surface area contributed by atoms with Crippen LogP contribution in [0.2, 0.25) is 5.02 Å². The number of hydrogen-bond acceptors (Lipinski definition) is 3. The zero-order valence-corrected chi connectivity index (χ0v) is 14.8. The van der Waals surface area contributed by atoms with E-state index in [1.807, 2.05) is 0 Å². The summed E-state index contributed by atoms with van der Waals surface area (Å²) in [5.41, 5.74) is 1.09. The number of benzene rings is 1. The molecule has 1 saturated heterocycles. The molecule has 7 heteroatoms. The predicted molar refractivity (Wildman–Crippen MR) is 95.2 cm³/mol. The fraction of sp³-hybridized carbons (Fsp3) is 0.333. The van der Waals surface area contributed by atoms with Crippen molar-refractivity contribution in [3.63, 3.8) is 0 Å². The normalized spacial score (nSPS) is 15.0. The van der Waals surface area contributed by atoms with Gasteiger partial charge in [-0.15, -0.1) is 0 Å². The van der Waals surface area contributed by atoms with E-state index in [1.165, 1.54) is 7.11 Å². The van der Waals surface area contributed by atoms with Crippen LogP contribution in [0.1, 0.15) is 27.3 Å². The van der Waals surface area contributed by atoms with Gasteiger partial charge in [-0.3, -0.25) is 9.59 Å². The predicted octanol–water partition coefficient (Wildman–Crippen LogP) is 2.67. The fourth-order valence-electron chi connectivity index (χ4n) is 2.94. The standard InChI is InChI=1S/C18H20ClN3O3/c1-25-16-6-5-13(12-14(16)19)17(23)21-8-3-9-22(11-10-21)18(24)15-4-2-7-20-15/h2,4-7,12,20H,3,8-11H2,1H3. The fourth-order valence-corrected chi connectivity index (χ4v) is 3.20. The second-order valence-corrected chi connectivity index (χ2v) is 6.28. The first-order valence-corrected chi connectivity index (χ1v) is 8.53. The van der Waals surface area contributed by atoms with Crippen molar-refractivity contribution in [1.82, 2.24) is 14.8 Å². The minimum atomic E-state index is -0.0845. The van der Waals surface area contributed by atoms with Gasteiger partial charge in [0.1, 0.15) is 11.4 Å². The lowest BCUT2D eigenvalue weighted by molar-refractivity contribution is 0.0716. The molecular weight excluding hydrogens is 342 g/mol. The minimum absolute atomic E-state index is 0.0354. The SMILES string of the molecule is COc1ccc(C(=O)N2CCCN(C(=O)c3ccc[nH]3)CC2)cc1Cl. The van der Waals surface area contributed by atoms with Crippen LogP contribution in [0.15, 0.2) is 36.5 Å². The molecule has 2 aromatic rings. The molecule has 2 amide bonds. The highest BCUT2D eigenvalue weighted by Gasteiger charge is 2.24. The van der Waals surface area contributed by atoms with Crippen molar-refractivity contribution in [3.8, 4) is 5.75 Å². The summed E-state index contributed by atoms with van der Waals surface area (Å²) in [7, 11) is 1.53. The molecule has 25 heavy (non-hydrogen) atoms. The number of carbonyl (C=O) groups is 2. The summed E-state index contributed by atoms with van der Waals surface area (Å²) in [6, 6.07) is 8.58. The molecule has 1 aliphatic heterocycles. The lowest BCUT2D eigenvalue weighted by atomic mass is 10.2. The molecule has 1 aromatic carbocycles. The largest absolute Gasteiger partial charge is 0.495 e. The van der Waals surface area contributed by atoms with Crippen LogP contribution in [0, 0.1) is 0 Å². The number of H-pyrrole nitrogens is 1. The molecule has 0 aliphatic carbocycles. The second kappa shape index (κ2) is 7.61. The highest BCUT2D eigenvalue weighted by atomic mass is 35.5. The Kier molecular flexibility index (Phi) is 5.28. The van der Waals surface area contributed by atoms with E-state index in [-0.39, 0.29) is 11.8 Å². The number of ether oxygens (including phenoxy) is 1. The third kappa shape index (κ3) is 3.79. The quantitative estimate of drug-likeness (QED) is 0.914. The van der Waals surface area contributed by atoms with Gasteiger partial charge in [-0.05, 0) is 36.8 Å². The molecule has 132 valence electrons. The maximum Gasteiger partial charge on any atom is 0.270 e. The molecule has 0 bridgehead atoms. The van der Waals surface area contributed by atoms with Crippen LogP contribution in [-0.2, 0) is 0 Å². The van der Waals surface area contributed by atoms with Crippen molar-refractivity contribution in [1.29, 1.82) is 0 Å². The van der Waals surface area contributed by atoms with Gasteiger partial charge < -0.3 is 19.5 Å². The highest BCUT2D eigenvalue weighted by Crippen LogP contribution is 2.25. The average Bonchev–Trinajstić information content (AvgIpc) is 3.05. The van der Waals surface area contributed by atoms with Crippen molar-refractivity contribution in [3.05, 3.63) is 52.8 Å². The second-order valence-electron chi connectivity index (χ2n) is 5.87. The molecule has 3 rings (SSSR count). The van der Waals surface area contributed by atoms with Gasteiger partial charge in [0.2, 0.25) is 0 Å². The van der Waals surface area contributed by atoms with Crippen LogP contribution in [0.3, 0.4) is 0 Å². The van der Waals surface area contributed by atoms with E-state index in [1.54, 1.807) is 46.3 Å². The molecule has 1 N–H and O–H groups in total. The van der Waals surface area contributed by atoms with Gasteiger partial charge in [0.15, 0.2) is 0 Å². The molecular formula is C18H20ClN3O3. The van der Waals surface area contributed by atoms with Crippen molar-refractivity contribution in [2.45, 2.75) is 6.42 Å². The van der Waals surface area contributed by atoms with Crippen LogP contribution in [-0.4, -0.2) is 59.9 Å². The van der Waals surface area contributed by atoms with Gasteiger partial charge in [0.25, 0.3) is 11.8 Å². The molecule has 0 unspecified atom stereocenters.